The van der Waals surface area contributed by atoms with Gasteiger partial charge in [-0.3, -0.25) is 4.79 Å². The summed E-state index contributed by atoms with van der Waals surface area (Å²) in [6.45, 7) is 2.04. The van der Waals surface area contributed by atoms with E-state index in [0.717, 1.165) is 18.5 Å². The number of amides is 1. The predicted molar refractivity (Wildman–Crippen MR) is 54.9 cm³/mol. The molecule has 1 fully saturated rings. The normalized spacial score (nSPS) is 19.2. The molecule has 0 saturated heterocycles. The second-order valence-corrected chi connectivity index (χ2v) is 4.66. The van der Waals surface area contributed by atoms with E-state index in [4.69, 9.17) is 0 Å². The van der Waals surface area contributed by atoms with Crippen molar-refractivity contribution in [2.24, 2.45) is 5.41 Å². The van der Waals surface area contributed by atoms with Gasteiger partial charge in [-0.15, -0.1) is 0 Å². The minimum atomic E-state index is -0.0953. The molecular weight excluding hydrogens is 182 g/mol. The Morgan fingerprint density at radius 2 is 2.38 bits per heavy atom. The SMILES string of the molecule is CC1(C(=O)Nc2ccsc2)CCC1. The topological polar surface area (TPSA) is 29.1 Å². The Bertz CT molecular complexity index is 301. The zero-order valence-electron chi connectivity index (χ0n) is 7.67. The Morgan fingerprint density at radius 1 is 1.62 bits per heavy atom. The Morgan fingerprint density at radius 3 is 2.85 bits per heavy atom. The fraction of sp³-hybridized carbons (Fsp3) is 0.500. The van der Waals surface area contributed by atoms with Crippen LogP contribution in [0.3, 0.4) is 0 Å². The smallest absolute Gasteiger partial charge is 0.230 e. The molecule has 13 heavy (non-hydrogen) atoms. The summed E-state index contributed by atoms with van der Waals surface area (Å²) in [7, 11) is 0. The summed E-state index contributed by atoms with van der Waals surface area (Å²) in [5.41, 5.74) is 0.838. The number of thiophene rings is 1. The summed E-state index contributed by atoms with van der Waals surface area (Å²) in [6, 6.07) is 1.94. The maximum absolute atomic E-state index is 11.7. The average molecular weight is 195 g/mol. The van der Waals surface area contributed by atoms with Gasteiger partial charge >= 0.3 is 0 Å². The standard InChI is InChI=1S/C10H13NOS/c1-10(4-2-5-10)9(12)11-8-3-6-13-7-8/h3,6-7H,2,4-5H2,1H3,(H,11,12). The summed E-state index contributed by atoms with van der Waals surface area (Å²) in [4.78, 5) is 11.7. The average Bonchev–Trinajstić information content (AvgIpc) is 2.52. The molecule has 3 heteroatoms. The summed E-state index contributed by atoms with van der Waals surface area (Å²) < 4.78 is 0. The van der Waals surface area contributed by atoms with Crippen LogP contribution in [0.15, 0.2) is 16.8 Å². The van der Waals surface area contributed by atoms with Crippen LogP contribution in [0.1, 0.15) is 26.2 Å². The second-order valence-electron chi connectivity index (χ2n) is 3.88. The zero-order chi connectivity index (χ0) is 9.31. The maximum atomic E-state index is 11.7. The number of hydrogen-bond donors (Lipinski definition) is 1. The fourth-order valence-corrected chi connectivity index (χ4v) is 2.14. The molecule has 0 bridgehead atoms. The lowest BCUT2D eigenvalue weighted by molar-refractivity contribution is -0.128. The van der Waals surface area contributed by atoms with Gasteiger partial charge in [-0.05, 0) is 24.3 Å². The molecule has 0 unspecified atom stereocenters. The minimum Gasteiger partial charge on any atom is -0.325 e. The van der Waals surface area contributed by atoms with Gasteiger partial charge in [0.15, 0.2) is 0 Å². The first kappa shape index (κ1) is 8.75. The lowest BCUT2D eigenvalue weighted by atomic mass is 9.70. The van der Waals surface area contributed by atoms with Gasteiger partial charge in [0, 0.05) is 10.8 Å². The quantitative estimate of drug-likeness (QED) is 0.772. The van der Waals surface area contributed by atoms with Gasteiger partial charge in [0.05, 0.1) is 5.69 Å². The first-order chi connectivity index (χ1) is 6.21. The molecule has 0 radical (unpaired) electrons. The highest BCUT2D eigenvalue weighted by molar-refractivity contribution is 7.08. The second kappa shape index (κ2) is 3.14. The predicted octanol–water partition coefficient (Wildman–Crippen LogP) is 2.88. The van der Waals surface area contributed by atoms with Crippen molar-refractivity contribution < 1.29 is 4.79 Å². The molecule has 1 aromatic heterocycles. The van der Waals surface area contributed by atoms with Gasteiger partial charge in [0.25, 0.3) is 0 Å². The number of anilines is 1. The number of carbonyl (C=O) groups excluding carboxylic acids is 1. The fourth-order valence-electron chi connectivity index (χ4n) is 1.55. The summed E-state index contributed by atoms with van der Waals surface area (Å²) in [6.07, 6.45) is 3.25. The molecule has 0 aromatic carbocycles. The Kier molecular flexibility index (Phi) is 2.12. The molecule has 0 spiro atoms. The van der Waals surface area contributed by atoms with Crippen molar-refractivity contribution in [2.75, 3.05) is 5.32 Å². The first-order valence-electron chi connectivity index (χ1n) is 4.54. The van der Waals surface area contributed by atoms with E-state index in [-0.39, 0.29) is 11.3 Å². The van der Waals surface area contributed by atoms with E-state index >= 15 is 0 Å². The van der Waals surface area contributed by atoms with Gasteiger partial charge in [-0.2, -0.15) is 11.3 Å². The van der Waals surface area contributed by atoms with Gasteiger partial charge in [0.2, 0.25) is 5.91 Å². The third-order valence-electron chi connectivity index (χ3n) is 2.78. The highest BCUT2D eigenvalue weighted by atomic mass is 32.1. The van der Waals surface area contributed by atoms with Crippen LogP contribution in [-0.4, -0.2) is 5.91 Å². The van der Waals surface area contributed by atoms with Gasteiger partial charge in [0.1, 0.15) is 0 Å². The molecule has 1 heterocycles. The molecule has 1 amide bonds. The van der Waals surface area contributed by atoms with Crippen LogP contribution < -0.4 is 5.32 Å². The molecule has 1 N–H and O–H groups in total. The zero-order valence-corrected chi connectivity index (χ0v) is 8.49. The maximum Gasteiger partial charge on any atom is 0.230 e. The summed E-state index contributed by atoms with van der Waals surface area (Å²) in [5, 5.41) is 6.87. The van der Waals surface area contributed by atoms with Gasteiger partial charge in [-0.25, -0.2) is 0 Å². The van der Waals surface area contributed by atoms with Crippen molar-refractivity contribution in [2.45, 2.75) is 26.2 Å². The van der Waals surface area contributed by atoms with Crippen molar-refractivity contribution in [1.29, 1.82) is 0 Å². The Labute approximate surface area is 82.0 Å². The molecule has 2 rings (SSSR count). The molecule has 0 atom stereocenters. The van der Waals surface area contributed by atoms with Crippen LogP contribution in [0, 0.1) is 5.41 Å². The van der Waals surface area contributed by atoms with E-state index in [0.29, 0.717) is 0 Å². The van der Waals surface area contributed by atoms with Crippen LogP contribution in [-0.2, 0) is 4.79 Å². The Hall–Kier alpha value is -0.830. The molecule has 1 aliphatic rings. The van der Waals surface area contributed by atoms with E-state index in [1.165, 1.54) is 6.42 Å². The Balaban J connectivity index is 1.99. The summed E-state index contributed by atoms with van der Waals surface area (Å²) in [5.74, 6) is 0.178. The molecule has 1 aromatic rings. The van der Waals surface area contributed by atoms with Crippen molar-refractivity contribution in [3.8, 4) is 0 Å². The van der Waals surface area contributed by atoms with Crippen LogP contribution in [0.4, 0.5) is 5.69 Å². The molecule has 1 aliphatic carbocycles. The third-order valence-corrected chi connectivity index (χ3v) is 3.47. The highest BCUT2D eigenvalue weighted by Gasteiger charge is 2.39. The molecule has 1 saturated carbocycles. The molecule has 70 valence electrons. The van der Waals surface area contributed by atoms with E-state index in [2.05, 4.69) is 5.32 Å². The van der Waals surface area contributed by atoms with Gasteiger partial charge in [-0.1, -0.05) is 13.3 Å². The monoisotopic (exact) mass is 195 g/mol. The van der Waals surface area contributed by atoms with Crippen molar-refractivity contribution in [3.63, 3.8) is 0 Å². The van der Waals surface area contributed by atoms with E-state index in [1.54, 1.807) is 11.3 Å². The third kappa shape index (κ3) is 1.61. The van der Waals surface area contributed by atoms with E-state index in [9.17, 15) is 4.79 Å². The van der Waals surface area contributed by atoms with Crippen LogP contribution in [0.5, 0.6) is 0 Å². The number of carbonyl (C=O) groups is 1. The lowest BCUT2D eigenvalue weighted by Crippen LogP contribution is -2.39. The molecule has 2 nitrogen and oxygen atoms in total. The number of nitrogens with one attached hydrogen (secondary N) is 1. The first-order valence-corrected chi connectivity index (χ1v) is 5.49. The van der Waals surface area contributed by atoms with E-state index in [1.807, 2.05) is 23.8 Å². The van der Waals surface area contributed by atoms with Crippen molar-refractivity contribution in [3.05, 3.63) is 16.8 Å². The number of rotatable bonds is 2. The largest absolute Gasteiger partial charge is 0.325 e. The van der Waals surface area contributed by atoms with Crippen molar-refractivity contribution in [1.82, 2.24) is 0 Å². The number of hydrogen-bond acceptors (Lipinski definition) is 2. The van der Waals surface area contributed by atoms with Crippen molar-refractivity contribution >= 4 is 22.9 Å². The molecule has 0 aliphatic heterocycles. The van der Waals surface area contributed by atoms with E-state index < -0.39 is 0 Å². The lowest BCUT2D eigenvalue weighted by Gasteiger charge is -2.36. The van der Waals surface area contributed by atoms with Gasteiger partial charge < -0.3 is 5.32 Å². The molecular formula is C10H13NOS. The summed E-state index contributed by atoms with van der Waals surface area (Å²) >= 11 is 1.60. The highest BCUT2D eigenvalue weighted by Crippen LogP contribution is 2.41. The minimum absolute atomic E-state index is 0.0953. The van der Waals surface area contributed by atoms with Crippen LogP contribution >= 0.6 is 11.3 Å². The van der Waals surface area contributed by atoms with Crippen LogP contribution in [0.2, 0.25) is 0 Å². The van der Waals surface area contributed by atoms with Crippen LogP contribution in [0.25, 0.3) is 0 Å².